The quantitative estimate of drug-likeness (QED) is 0.296. The van der Waals surface area contributed by atoms with E-state index >= 15 is 0 Å². The summed E-state index contributed by atoms with van der Waals surface area (Å²) >= 11 is 0. The molecule has 0 amide bonds. The van der Waals surface area contributed by atoms with Crippen LogP contribution in [0.25, 0.3) is 0 Å². The van der Waals surface area contributed by atoms with Crippen LogP contribution in [0.15, 0.2) is 29.3 Å². The highest BCUT2D eigenvalue weighted by molar-refractivity contribution is 14.0. The van der Waals surface area contributed by atoms with Gasteiger partial charge in [-0.1, -0.05) is 26.0 Å². The maximum atomic E-state index is 5.54. The largest absolute Gasteiger partial charge is 0.379 e. The van der Waals surface area contributed by atoms with Crippen molar-refractivity contribution in [3.8, 4) is 0 Å². The Hall–Kier alpha value is -1.06. The monoisotopic (exact) mass is 543 g/mol. The van der Waals surface area contributed by atoms with Gasteiger partial charge in [-0.2, -0.15) is 0 Å². The molecule has 0 saturated carbocycles. The maximum Gasteiger partial charge on any atom is 0.191 e. The Kier molecular flexibility index (Phi) is 11.4. The van der Waals surface area contributed by atoms with E-state index < -0.39 is 0 Å². The zero-order valence-electron chi connectivity index (χ0n) is 19.8. The molecule has 0 aromatic heterocycles. The van der Waals surface area contributed by atoms with Crippen molar-refractivity contribution in [2.75, 3.05) is 57.4 Å². The number of hydrogen-bond donors (Lipinski definition) is 2. The molecule has 1 aromatic carbocycles. The Bertz CT molecular complexity index is 672. The molecule has 7 heteroatoms. The van der Waals surface area contributed by atoms with E-state index in [0.29, 0.717) is 12.0 Å². The third kappa shape index (κ3) is 7.79. The standard InChI is InChI=1S/C24H41N5O.HI/c1-5-25-24(26-18-23(19(2)3)29-13-15-30-16-14-29)27-20(4)21-9-8-10-22(17-21)28-11-6-7-12-28;/h8-10,17,19-20,23H,5-7,11-16,18H2,1-4H3,(H2,25,26,27);1H. The Labute approximate surface area is 206 Å². The Balaban J connectivity index is 0.00000341. The van der Waals surface area contributed by atoms with Gasteiger partial charge in [-0.15, -0.1) is 24.0 Å². The Morgan fingerprint density at radius 3 is 2.45 bits per heavy atom. The minimum Gasteiger partial charge on any atom is -0.379 e. The van der Waals surface area contributed by atoms with Crippen LogP contribution in [0.2, 0.25) is 0 Å². The summed E-state index contributed by atoms with van der Waals surface area (Å²) < 4.78 is 5.54. The molecule has 0 radical (unpaired) electrons. The molecule has 2 saturated heterocycles. The second-order valence-corrected chi connectivity index (χ2v) is 8.83. The van der Waals surface area contributed by atoms with Crippen LogP contribution in [0, 0.1) is 5.92 Å². The van der Waals surface area contributed by atoms with Crippen LogP contribution in [0.4, 0.5) is 5.69 Å². The fraction of sp³-hybridized carbons (Fsp3) is 0.708. The van der Waals surface area contributed by atoms with Crippen molar-refractivity contribution in [1.82, 2.24) is 15.5 Å². The van der Waals surface area contributed by atoms with Crippen molar-refractivity contribution in [2.24, 2.45) is 10.9 Å². The van der Waals surface area contributed by atoms with E-state index in [1.54, 1.807) is 0 Å². The first-order chi connectivity index (χ1) is 14.6. The van der Waals surface area contributed by atoms with Crippen LogP contribution in [-0.2, 0) is 4.74 Å². The molecule has 0 bridgehead atoms. The van der Waals surface area contributed by atoms with Crippen LogP contribution in [0.1, 0.15) is 52.1 Å². The lowest BCUT2D eigenvalue weighted by atomic mass is 10.0. The van der Waals surface area contributed by atoms with E-state index in [4.69, 9.17) is 9.73 Å². The summed E-state index contributed by atoms with van der Waals surface area (Å²) in [5, 5.41) is 7.06. The van der Waals surface area contributed by atoms with Gasteiger partial charge in [-0.25, -0.2) is 0 Å². The van der Waals surface area contributed by atoms with E-state index in [-0.39, 0.29) is 30.0 Å². The van der Waals surface area contributed by atoms with Gasteiger partial charge in [0.1, 0.15) is 0 Å². The molecule has 2 unspecified atom stereocenters. The summed E-state index contributed by atoms with van der Waals surface area (Å²) in [4.78, 5) is 10.0. The normalized spacial score (nSPS) is 19.8. The summed E-state index contributed by atoms with van der Waals surface area (Å²) in [6.45, 7) is 16.6. The van der Waals surface area contributed by atoms with Gasteiger partial charge in [0.15, 0.2) is 5.96 Å². The van der Waals surface area contributed by atoms with Crippen molar-refractivity contribution in [1.29, 1.82) is 0 Å². The topological polar surface area (TPSA) is 52.1 Å². The van der Waals surface area contributed by atoms with Crippen molar-refractivity contribution < 1.29 is 4.74 Å². The molecule has 6 nitrogen and oxygen atoms in total. The first kappa shape index (κ1) is 26.2. The second kappa shape index (κ2) is 13.5. The third-order valence-corrected chi connectivity index (χ3v) is 6.26. The summed E-state index contributed by atoms with van der Waals surface area (Å²) in [5.41, 5.74) is 2.64. The number of benzene rings is 1. The van der Waals surface area contributed by atoms with E-state index in [0.717, 1.165) is 45.4 Å². The minimum atomic E-state index is 0. The lowest BCUT2D eigenvalue weighted by Gasteiger charge is -2.36. The van der Waals surface area contributed by atoms with Crippen LogP contribution < -0.4 is 15.5 Å². The molecule has 0 aliphatic carbocycles. The van der Waals surface area contributed by atoms with Crippen LogP contribution in [0.5, 0.6) is 0 Å². The first-order valence-corrected chi connectivity index (χ1v) is 11.8. The molecular weight excluding hydrogens is 501 g/mol. The van der Waals surface area contributed by atoms with E-state index in [1.165, 1.54) is 37.2 Å². The summed E-state index contributed by atoms with van der Waals surface area (Å²) in [6.07, 6.45) is 2.60. The second-order valence-electron chi connectivity index (χ2n) is 8.83. The summed E-state index contributed by atoms with van der Waals surface area (Å²) in [6, 6.07) is 9.60. The fourth-order valence-corrected chi connectivity index (χ4v) is 4.42. The number of hydrogen-bond acceptors (Lipinski definition) is 4. The van der Waals surface area contributed by atoms with Crippen molar-refractivity contribution in [3.05, 3.63) is 29.8 Å². The molecule has 176 valence electrons. The number of morpholine rings is 1. The van der Waals surface area contributed by atoms with E-state index in [9.17, 15) is 0 Å². The van der Waals surface area contributed by atoms with Gasteiger partial charge in [0, 0.05) is 44.5 Å². The maximum absolute atomic E-state index is 5.54. The van der Waals surface area contributed by atoms with Crippen LogP contribution >= 0.6 is 24.0 Å². The van der Waals surface area contributed by atoms with Gasteiger partial charge in [-0.05, 0) is 50.3 Å². The number of anilines is 1. The molecule has 2 heterocycles. The molecule has 2 N–H and O–H groups in total. The van der Waals surface area contributed by atoms with Gasteiger partial charge < -0.3 is 20.3 Å². The van der Waals surface area contributed by atoms with Crippen molar-refractivity contribution in [3.63, 3.8) is 0 Å². The number of ether oxygens (including phenoxy) is 1. The lowest BCUT2D eigenvalue weighted by Crippen LogP contribution is -2.48. The molecule has 2 atom stereocenters. The van der Waals surface area contributed by atoms with Gasteiger partial charge in [0.25, 0.3) is 0 Å². The summed E-state index contributed by atoms with van der Waals surface area (Å²) in [5.74, 6) is 1.46. The van der Waals surface area contributed by atoms with Gasteiger partial charge >= 0.3 is 0 Å². The highest BCUT2D eigenvalue weighted by atomic mass is 127. The molecule has 0 spiro atoms. The molecule has 2 aliphatic heterocycles. The fourth-order valence-electron chi connectivity index (χ4n) is 4.42. The number of aliphatic imine (C=N–C) groups is 1. The highest BCUT2D eigenvalue weighted by Crippen LogP contribution is 2.24. The number of nitrogens with zero attached hydrogens (tertiary/aromatic N) is 3. The van der Waals surface area contributed by atoms with Gasteiger partial charge in [0.05, 0.1) is 25.8 Å². The molecule has 2 fully saturated rings. The molecule has 3 rings (SSSR count). The predicted molar refractivity (Wildman–Crippen MR) is 142 cm³/mol. The molecule has 2 aliphatic rings. The lowest BCUT2D eigenvalue weighted by molar-refractivity contribution is 0.00867. The molecule has 1 aromatic rings. The van der Waals surface area contributed by atoms with Crippen molar-refractivity contribution in [2.45, 2.75) is 52.6 Å². The number of halogens is 1. The number of rotatable bonds is 8. The average molecular weight is 544 g/mol. The average Bonchev–Trinajstić information content (AvgIpc) is 3.29. The van der Waals surface area contributed by atoms with Gasteiger partial charge in [0.2, 0.25) is 0 Å². The van der Waals surface area contributed by atoms with E-state index in [1.807, 2.05) is 0 Å². The zero-order valence-corrected chi connectivity index (χ0v) is 22.1. The van der Waals surface area contributed by atoms with Crippen LogP contribution in [0.3, 0.4) is 0 Å². The predicted octanol–water partition coefficient (Wildman–Crippen LogP) is 3.88. The third-order valence-electron chi connectivity index (χ3n) is 6.26. The SMILES string of the molecule is CCNC(=NCC(C(C)C)N1CCOCC1)NC(C)c1cccc(N2CCCC2)c1.I. The smallest absolute Gasteiger partial charge is 0.191 e. The number of guanidine groups is 1. The van der Waals surface area contributed by atoms with E-state index in [2.05, 4.69) is 72.4 Å². The van der Waals surface area contributed by atoms with Crippen molar-refractivity contribution >= 4 is 35.6 Å². The Morgan fingerprint density at radius 1 is 1.10 bits per heavy atom. The highest BCUT2D eigenvalue weighted by Gasteiger charge is 2.24. The number of nitrogens with one attached hydrogen (secondary N) is 2. The Morgan fingerprint density at radius 2 is 1.81 bits per heavy atom. The van der Waals surface area contributed by atoms with Crippen LogP contribution in [-0.4, -0.2) is 69.4 Å². The molecule has 31 heavy (non-hydrogen) atoms. The minimum absolute atomic E-state index is 0. The first-order valence-electron chi connectivity index (χ1n) is 11.8. The van der Waals surface area contributed by atoms with Gasteiger partial charge in [-0.3, -0.25) is 9.89 Å². The summed E-state index contributed by atoms with van der Waals surface area (Å²) in [7, 11) is 0. The molecular formula is C24H42IN5O. The zero-order chi connectivity index (χ0) is 21.3.